The summed E-state index contributed by atoms with van der Waals surface area (Å²) in [5.41, 5.74) is 5.71. The lowest BCUT2D eigenvalue weighted by molar-refractivity contribution is -0.132. The van der Waals surface area contributed by atoms with Gasteiger partial charge in [0.15, 0.2) is 0 Å². The van der Waals surface area contributed by atoms with Crippen molar-refractivity contribution in [1.29, 1.82) is 0 Å². The van der Waals surface area contributed by atoms with Crippen LogP contribution < -0.4 is 5.73 Å². The quantitative estimate of drug-likeness (QED) is 0.827. The third kappa shape index (κ3) is 5.73. The Balaban J connectivity index is 0.00000256. The van der Waals surface area contributed by atoms with Crippen molar-refractivity contribution in [2.45, 2.75) is 46.0 Å². The van der Waals surface area contributed by atoms with E-state index in [2.05, 4.69) is 13.8 Å². The van der Waals surface area contributed by atoms with Crippen LogP contribution in [0.2, 0.25) is 0 Å². The minimum atomic E-state index is 0. The van der Waals surface area contributed by atoms with Crippen LogP contribution in [0.1, 0.15) is 46.0 Å². The molecule has 0 atom stereocenters. The monoisotopic (exact) mass is 262 g/mol. The molecule has 1 rings (SSSR count). The Morgan fingerprint density at radius 3 is 2.35 bits per heavy atom. The maximum absolute atomic E-state index is 12.0. The lowest BCUT2D eigenvalue weighted by atomic mass is 9.93. The summed E-state index contributed by atoms with van der Waals surface area (Å²) in [4.78, 5) is 13.8. The molecule has 4 heteroatoms. The van der Waals surface area contributed by atoms with Crippen LogP contribution in [0.15, 0.2) is 0 Å². The molecule has 0 aromatic carbocycles. The predicted molar refractivity (Wildman–Crippen MR) is 74.3 cm³/mol. The highest BCUT2D eigenvalue weighted by atomic mass is 35.5. The first-order valence-electron chi connectivity index (χ1n) is 6.38. The number of nitrogens with two attached hydrogens (primary N) is 1. The number of hydrogen-bond acceptors (Lipinski definition) is 2. The zero-order valence-electron chi connectivity index (χ0n) is 11.4. The molecule has 1 fully saturated rings. The lowest BCUT2D eigenvalue weighted by Gasteiger charge is -2.29. The molecule has 1 saturated carbocycles. The molecular formula is C13H27ClN2O. The summed E-state index contributed by atoms with van der Waals surface area (Å²) < 4.78 is 0. The van der Waals surface area contributed by atoms with Gasteiger partial charge in [-0.2, -0.15) is 0 Å². The van der Waals surface area contributed by atoms with Crippen LogP contribution in [0, 0.1) is 11.3 Å². The highest BCUT2D eigenvalue weighted by Crippen LogP contribution is 2.28. The van der Waals surface area contributed by atoms with Gasteiger partial charge in [0.05, 0.1) is 0 Å². The molecule has 0 bridgehead atoms. The van der Waals surface area contributed by atoms with Crippen molar-refractivity contribution in [3.05, 3.63) is 0 Å². The molecule has 0 heterocycles. The molecule has 0 saturated heterocycles. The fourth-order valence-corrected chi connectivity index (χ4v) is 2.41. The van der Waals surface area contributed by atoms with Crippen molar-refractivity contribution < 1.29 is 4.79 Å². The molecule has 0 aromatic heterocycles. The highest BCUT2D eigenvalue weighted by Gasteiger charge is 2.24. The van der Waals surface area contributed by atoms with Crippen molar-refractivity contribution in [3.63, 3.8) is 0 Å². The molecule has 1 aliphatic rings. The minimum absolute atomic E-state index is 0. The standard InChI is InChI=1S/C13H26N2O.ClH/c1-13(2,9-14)10-15(3)12(16)8-11-6-4-5-7-11;/h11H,4-10,14H2,1-3H3;1H. The van der Waals surface area contributed by atoms with Gasteiger partial charge in [-0.3, -0.25) is 4.79 Å². The molecule has 2 N–H and O–H groups in total. The number of carbonyl (C=O) groups is 1. The van der Waals surface area contributed by atoms with E-state index in [0.29, 0.717) is 12.5 Å². The summed E-state index contributed by atoms with van der Waals surface area (Å²) in [5, 5.41) is 0. The maximum atomic E-state index is 12.0. The minimum Gasteiger partial charge on any atom is -0.345 e. The first kappa shape index (κ1) is 16.7. The number of halogens is 1. The Morgan fingerprint density at radius 2 is 1.88 bits per heavy atom. The molecule has 0 radical (unpaired) electrons. The van der Waals surface area contributed by atoms with Crippen LogP contribution in [-0.4, -0.2) is 30.9 Å². The zero-order chi connectivity index (χ0) is 12.2. The first-order valence-corrected chi connectivity index (χ1v) is 6.38. The van der Waals surface area contributed by atoms with E-state index in [9.17, 15) is 4.79 Å². The molecular weight excluding hydrogens is 236 g/mol. The van der Waals surface area contributed by atoms with Gasteiger partial charge in [-0.05, 0) is 30.7 Å². The summed E-state index contributed by atoms with van der Waals surface area (Å²) in [6.07, 6.45) is 5.81. The van der Waals surface area contributed by atoms with Crippen molar-refractivity contribution in [1.82, 2.24) is 4.90 Å². The van der Waals surface area contributed by atoms with Crippen molar-refractivity contribution in [3.8, 4) is 0 Å². The third-order valence-corrected chi connectivity index (χ3v) is 3.58. The van der Waals surface area contributed by atoms with Gasteiger partial charge in [0, 0.05) is 20.0 Å². The number of nitrogens with zero attached hydrogens (tertiary/aromatic N) is 1. The molecule has 1 amide bonds. The SMILES string of the molecule is CN(CC(C)(C)CN)C(=O)CC1CCCC1.Cl. The largest absolute Gasteiger partial charge is 0.345 e. The van der Waals surface area contributed by atoms with Crippen molar-refractivity contribution in [2.24, 2.45) is 17.1 Å². The topological polar surface area (TPSA) is 46.3 Å². The second kappa shape index (κ2) is 7.22. The first-order chi connectivity index (χ1) is 7.44. The van der Waals surface area contributed by atoms with Gasteiger partial charge in [0.1, 0.15) is 0 Å². The number of rotatable bonds is 5. The number of hydrogen-bond donors (Lipinski definition) is 1. The van der Waals surface area contributed by atoms with Gasteiger partial charge >= 0.3 is 0 Å². The molecule has 1 aliphatic carbocycles. The Bertz CT molecular complexity index is 238. The van der Waals surface area contributed by atoms with Gasteiger partial charge in [-0.25, -0.2) is 0 Å². The van der Waals surface area contributed by atoms with Crippen LogP contribution in [0.4, 0.5) is 0 Å². The second-order valence-corrected chi connectivity index (χ2v) is 5.97. The number of carbonyl (C=O) groups excluding carboxylic acids is 1. The Labute approximate surface area is 112 Å². The third-order valence-electron chi connectivity index (χ3n) is 3.58. The second-order valence-electron chi connectivity index (χ2n) is 5.97. The fraction of sp³-hybridized carbons (Fsp3) is 0.923. The molecule has 0 aliphatic heterocycles. The van der Waals surface area contributed by atoms with E-state index >= 15 is 0 Å². The van der Waals surface area contributed by atoms with E-state index in [1.54, 1.807) is 0 Å². The van der Waals surface area contributed by atoms with E-state index in [4.69, 9.17) is 5.73 Å². The highest BCUT2D eigenvalue weighted by molar-refractivity contribution is 5.85. The van der Waals surface area contributed by atoms with Crippen LogP contribution in [-0.2, 0) is 4.79 Å². The smallest absolute Gasteiger partial charge is 0.222 e. The van der Waals surface area contributed by atoms with Gasteiger partial charge in [-0.15, -0.1) is 12.4 Å². The van der Waals surface area contributed by atoms with Crippen LogP contribution >= 0.6 is 12.4 Å². The average Bonchev–Trinajstić information content (AvgIpc) is 2.69. The Hall–Kier alpha value is -0.280. The predicted octanol–water partition coefficient (Wildman–Crippen LogP) is 2.43. The Kier molecular flexibility index (Phi) is 7.10. The van der Waals surface area contributed by atoms with Crippen LogP contribution in [0.3, 0.4) is 0 Å². The molecule has 17 heavy (non-hydrogen) atoms. The Morgan fingerprint density at radius 1 is 1.35 bits per heavy atom. The lowest BCUT2D eigenvalue weighted by Crippen LogP contribution is -2.40. The van der Waals surface area contributed by atoms with Crippen LogP contribution in [0.25, 0.3) is 0 Å². The average molecular weight is 263 g/mol. The van der Waals surface area contributed by atoms with Gasteiger partial charge < -0.3 is 10.6 Å². The van der Waals surface area contributed by atoms with Gasteiger partial charge in [0.2, 0.25) is 5.91 Å². The fourth-order valence-electron chi connectivity index (χ4n) is 2.41. The molecule has 0 aromatic rings. The molecule has 0 spiro atoms. The van der Waals surface area contributed by atoms with Gasteiger partial charge in [-0.1, -0.05) is 26.7 Å². The molecule has 3 nitrogen and oxygen atoms in total. The zero-order valence-corrected chi connectivity index (χ0v) is 12.2. The normalized spacial score (nSPS) is 16.7. The van der Waals surface area contributed by atoms with Gasteiger partial charge in [0.25, 0.3) is 0 Å². The maximum Gasteiger partial charge on any atom is 0.222 e. The summed E-state index contributed by atoms with van der Waals surface area (Å²) >= 11 is 0. The summed E-state index contributed by atoms with van der Waals surface area (Å²) in [6.45, 7) is 5.59. The van der Waals surface area contributed by atoms with E-state index in [1.165, 1.54) is 25.7 Å². The van der Waals surface area contributed by atoms with Crippen molar-refractivity contribution >= 4 is 18.3 Å². The van der Waals surface area contributed by atoms with E-state index in [-0.39, 0.29) is 23.7 Å². The summed E-state index contributed by atoms with van der Waals surface area (Å²) in [7, 11) is 1.90. The summed E-state index contributed by atoms with van der Waals surface area (Å²) in [6, 6.07) is 0. The van der Waals surface area contributed by atoms with Crippen LogP contribution in [0.5, 0.6) is 0 Å². The number of amides is 1. The van der Waals surface area contributed by atoms with Crippen molar-refractivity contribution in [2.75, 3.05) is 20.1 Å². The van der Waals surface area contributed by atoms with E-state index in [0.717, 1.165) is 13.0 Å². The van der Waals surface area contributed by atoms with E-state index in [1.807, 2.05) is 11.9 Å². The summed E-state index contributed by atoms with van der Waals surface area (Å²) in [5.74, 6) is 0.921. The molecule has 0 unspecified atom stereocenters. The molecule has 102 valence electrons. The van der Waals surface area contributed by atoms with E-state index < -0.39 is 0 Å².